The van der Waals surface area contributed by atoms with Crippen molar-refractivity contribution in [2.75, 3.05) is 33.4 Å². The number of hydrogen-bond acceptors (Lipinski definition) is 4. The van der Waals surface area contributed by atoms with Crippen LogP contribution in [0, 0.1) is 0 Å². The Morgan fingerprint density at radius 2 is 2.10 bits per heavy atom. The van der Waals surface area contributed by atoms with E-state index in [0.29, 0.717) is 25.0 Å². The first-order valence-corrected chi connectivity index (χ1v) is 6.78. The van der Waals surface area contributed by atoms with Gasteiger partial charge in [-0.2, -0.15) is 0 Å². The van der Waals surface area contributed by atoms with Gasteiger partial charge in [-0.25, -0.2) is 4.79 Å². The zero-order valence-electron chi connectivity index (χ0n) is 12.3. The van der Waals surface area contributed by atoms with E-state index in [0.717, 1.165) is 13.1 Å². The van der Waals surface area contributed by atoms with Gasteiger partial charge in [-0.3, -0.25) is 4.90 Å². The first-order chi connectivity index (χ1) is 9.60. The monoisotopic (exact) mass is 281 g/mol. The lowest BCUT2D eigenvalue weighted by atomic mass is 10.2. The number of carboxylic acid groups (broad SMARTS) is 1. The third kappa shape index (κ3) is 4.83. The molecule has 1 atom stereocenters. The fraction of sp³-hybridized carbons (Fsp3) is 0.533. The molecule has 0 saturated carbocycles. The van der Waals surface area contributed by atoms with Crippen LogP contribution >= 0.6 is 0 Å². The van der Waals surface area contributed by atoms with E-state index < -0.39 is 5.97 Å². The van der Waals surface area contributed by atoms with Gasteiger partial charge in [-0.05, 0) is 25.6 Å². The average molecular weight is 281 g/mol. The average Bonchev–Trinajstić information content (AvgIpc) is 2.44. The van der Waals surface area contributed by atoms with Gasteiger partial charge in [0.2, 0.25) is 0 Å². The van der Waals surface area contributed by atoms with Gasteiger partial charge in [0, 0.05) is 19.7 Å². The molecule has 0 spiro atoms. The molecular formula is C15H23NO4. The van der Waals surface area contributed by atoms with E-state index in [2.05, 4.69) is 18.7 Å². The Kier molecular flexibility index (Phi) is 7.04. The van der Waals surface area contributed by atoms with Gasteiger partial charge >= 0.3 is 5.97 Å². The largest absolute Gasteiger partial charge is 0.491 e. The number of para-hydroxylation sites is 1. The molecule has 0 saturated heterocycles. The molecule has 0 radical (unpaired) electrons. The Labute approximate surface area is 120 Å². The second-order valence-corrected chi connectivity index (χ2v) is 4.58. The van der Waals surface area contributed by atoms with Crippen LogP contribution in [0.3, 0.4) is 0 Å². The SMILES string of the molecule is CCN(CCOc1ccccc1C(=O)O)C(C)COC. The second kappa shape index (κ2) is 8.55. The van der Waals surface area contributed by atoms with Crippen molar-refractivity contribution in [2.24, 2.45) is 0 Å². The van der Waals surface area contributed by atoms with Crippen LogP contribution in [0.4, 0.5) is 0 Å². The van der Waals surface area contributed by atoms with Gasteiger partial charge in [0.25, 0.3) is 0 Å². The minimum atomic E-state index is -0.972. The summed E-state index contributed by atoms with van der Waals surface area (Å²) in [6.07, 6.45) is 0. The Morgan fingerprint density at radius 1 is 1.40 bits per heavy atom. The Morgan fingerprint density at radius 3 is 2.70 bits per heavy atom. The summed E-state index contributed by atoms with van der Waals surface area (Å²) >= 11 is 0. The van der Waals surface area contributed by atoms with Crippen LogP contribution in [0.1, 0.15) is 24.2 Å². The number of aromatic carboxylic acids is 1. The Bertz CT molecular complexity index is 422. The van der Waals surface area contributed by atoms with E-state index >= 15 is 0 Å². The lowest BCUT2D eigenvalue weighted by Crippen LogP contribution is -2.38. The smallest absolute Gasteiger partial charge is 0.339 e. The van der Waals surface area contributed by atoms with E-state index in [4.69, 9.17) is 14.6 Å². The van der Waals surface area contributed by atoms with E-state index in [9.17, 15) is 4.79 Å². The Hall–Kier alpha value is -1.59. The molecule has 1 rings (SSSR count). The quantitative estimate of drug-likeness (QED) is 0.751. The summed E-state index contributed by atoms with van der Waals surface area (Å²) in [5.41, 5.74) is 0.195. The molecule has 0 heterocycles. The van der Waals surface area contributed by atoms with Crippen LogP contribution in [0.5, 0.6) is 5.75 Å². The maximum atomic E-state index is 11.1. The number of carboxylic acids is 1. The van der Waals surface area contributed by atoms with E-state index in [-0.39, 0.29) is 5.56 Å². The van der Waals surface area contributed by atoms with Crippen molar-refractivity contribution in [1.29, 1.82) is 0 Å². The predicted molar refractivity (Wildman–Crippen MR) is 77.5 cm³/mol. The molecule has 112 valence electrons. The molecule has 1 aromatic rings. The van der Waals surface area contributed by atoms with Crippen molar-refractivity contribution in [3.63, 3.8) is 0 Å². The first-order valence-electron chi connectivity index (χ1n) is 6.78. The van der Waals surface area contributed by atoms with E-state index in [1.54, 1.807) is 31.4 Å². The summed E-state index contributed by atoms with van der Waals surface area (Å²) in [6.45, 7) is 6.92. The third-order valence-electron chi connectivity index (χ3n) is 3.19. The number of benzene rings is 1. The minimum Gasteiger partial charge on any atom is -0.491 e. The zero-order chi connectivity index (χ0) is 15.0. The molecule has 0 aliphatic heterocycles. The van der Waals surface area contributed by atoms with Crippen molar-refractivity contribution >= 4 is 5.97 Å². The molecule has 0 fully saturated rings. The molecule has 1 unspecified atom stereocenters. The number of ether oxygens (including phenoxy) is 2. The van der Waals surface area contributed by atoms with Gasteiger partial charge in [-0.15, -0.1) is 0 Å². The van der Waals surface area contributed by atoms with E-state index in [1.807, 2.05) is 0 Å². The Balaban J connectivity index is 2.53. The number of hydrogen-bond donors (Lipinski definition) is 1. The second-order valence-electron chi connectivity index (χ2n) is 4.58. The molecular weight excluding hydrogens is 258 g/mol. The third-order valence-corrected chi connectivity index (χ3v) is 3.19. The summed E-state index contributed by atoms with van der Waals surface area (Å²) in [5.74, 6) is -0.559. The fourth-order valence-corrected chi connectivity index (χ4v) is 2.08. The van der Waals surface area contributed by atoms with Crippen LogP contribution in [0.15, 0.2) is 24.3 Å². The predicted octanol–water partition coefficient (Wildman–Crippen LogP) is 2.12. The standard InChI is InChI=1S/C15H23NO4/c1-4-16(12(2)11-19-3)9-10-20-14-8-6-5-7-13(14)15(17)18/h5-8,12H,4,9-11H2,1-3H3,(H,17,18). The fourth-order valence-electron chi connectivity index (χ4n) is 2.08. The van der Waals surface area contributed by atoms with Crippen LogP contribution in [0.25, 0.3) is 0 Å². The van der Waals surface area contributed by atoms with Crippen molar-refractivity contribution in [3.05, 3.63) is 29.8 Å². The maximum absolute atomic E-state index is 11.1. The number of methoxy groups -OCH3 is 1. The number of carbonyl (C=O) groups is 1. The zero-order valence-corrected chi connectivity index (χ0v) is 12.3. The van der Waals surface area contributed by atoms with Gasteiger partial charge in [0.1, 0.15) is 17.9 Å². The van der Waals surface area contributed by atoms with Crippen LogP contribution in [0.2, 0.25) is 0 Å². The molecule has 0 aliphatic rings. The summed E-state index contributed by atoms with van der Waals surface area (Å²) in [4.78, 5) is 13.3. The highest BCUT2D eigenvalue weighted by molar-refractivity contribution is 5.90. The van der Waals surface area contributed by atoms with Crippen LogP contribution in [-0.4, -0.2) is 55.4 Å². The molecule has 1 N–H and O–H groups in total. The maximum Gasteiger partial charge on any atom is 0.339 e. The van der Waals surface area contributed by atoms with E-state index in [1.165, 1.54) is 0 Å². The van der Waals surface area contributed by atoms with Gasteiger partial charge in [-0.1, -0.05) is 19.1 Å². The minimum absolute atomic E-state index is 0.195. The normalized spacial score (nSPS) is 12.4. The van der Waals surface area contributed by atoms with Crippen LogP contribution < -0.4 is 4.74 Å². The molecule has 20 heavy (non-hydrogen) atoms. The van der Waals surface area contributed by atoms with Crippen molar-refractivity contribution in [1.82, 2.24) is 4.90 Å². The van der Waals surface area contributed by atoms with Gasteiger partial charge < -0.3 is 14.6 Å². The molecule has 0 aliphatic carbocycles. The van der Waals surface area contributed by atoms with Gasteiger partial charge in [0.05, 0.1) is 6.61 Å². The summed E-state index contributed by atoms with van der Waals surface area (Å²) in [5, 5.41) is 9.07. The highest BCUT2D eigenvalue weighted by Gasteiger charge is 2.13. The lowest BCUT2D eigenvalue weighted by molar-refractivity contribution is 0.0689. The first kappa shape index (κ1) is 16.5. The molecule has 5 nitrogen and oxygen atoms in total. The highest BCUT2D eigenvalue weighted by atomic mass is 16.5. The molecule has 0 bridgehead atoms. The molecule has 0 amide bonds. The topological polar surface area (TPSA) is 59.0 Å². The molecule has 1 aromatic carbocycles. The number of likely N-dealkylation sites (N-methyl/N-ethyl adjacent to an activating group) is 1. The van der Waals surface area contributed by atoms with Crippen molar-refractivity contribution in [3.8, 4) is 5.75 Å². The lowest BCUT2D eigenvalue weighted by Gasteiger charge is -2.27. The van der Waals surface area contributed by atoms with Crippen LogP contribution in [-0.2, 0) is 4.74 Å². The summed E-state index contributed by atoms with van der Waals surface area (Å²) in [7, 11) is 1.68. The molecule has 0 aromatic heterocycles. The summed E-state index contributed by atoms with van der Waals surface area (Å²) < 4.78 is 10.7. The number of rotatable bonds is 9. The highest BCUT2D eigenvalue weighted by Crippen LogP contribution is 2.17. The van der Waals surface area contributed by atoms with Crippen molar-refractivity contribution < 1.29 is 19.4 Å². The van der Waals surface area contributed by atoms with Crippen molar-refractivity contribution in [2.45, 2.75) is 19.9 Å². The van der Waals surface area contributed by atoms with Gasteiger partial charge in [0.15, 0.2) is 0 Å². The summed E-state index contributed by atoms with van der Waals surface area (Å²) in [6, 6.07) is 6.99. The number of nitrogens with zero attached hydrogens (tertiary/aromatic N) is 1. The molecule has 5 heteroatoms.